The van der Waals surface area contributed by atoms with Gasteiger partial charge in [-0.05, 0) is 45.0 Å². The van der Waals surface area contributed by atoms with Crippen LogP contribution in [-0.2, 0) is 11.3 Å². The maximum Gasteiger partial charge on any atom is 0.234 e. The molecule has 0 aromatic heterocycles. The van der Waals surface area contributed by atoms with Gasteiger partial charge in [-0.15, -0.1) is 0 Å². The molecule has 0 radical (unpaired) electrons. The maximum absolute atomic E-state index is 13.1. The van der Waals surface area contributed by atoms with Gasteiger partial charge in [-0.3, -0.25) is 9.69 Å². The predicted octanol–water partition coefficient (Wildman–Crippen LogP) is 1.45. The highest BCUT2D eigenvalue weighted by molar-refractivity contribution is 5.78. The van der Waals surface area contributed by atoms with Crippen molar-refractivity contribution in [2.75, 3.05) is 20.2 Å². The molecular formula is C15H23FN2O2. The number of aryl methyl sites for hydroxylation is 1. The molecule has 0 spiro atoms. The normalized spacial score (nSPS) is 11.8. The lowest BCUT2D eigenvalue weighted by Crippen LogP contribution is -2.48. The van der Waals surface area contributed by atoms with E-state index < -0.39 is 5.54 Å². The van der Waals surface area contributed by atoms with Gasteiger partial charge in [-0.1, -0.05) is 12.1 Å². The minimum absolute atomic E-state index is 0.0199. The molecule has 4 nitrogen and oxygen atoms in total. The lowest BCUT2D eigenvalue weighted by Gasteiger charge is -2.33. The highest BCUT2D eigenvalue weighted by atomic mass is 19.1. The van der Waals surface area contributed by atoms with E-state index in [9.17, 15) is 14.3 Å². The summed E-state index contributed by atoms with van der Waals surface area (Å²) in [5, 5.41) is 12.0. The zero-order valence-electron chi connectivity index (χ0n) is 12.5. The second-order valence-electron chi connectivity index (χ2n) is 5.69. The van der Waals surface area contributed by atoms with Gasteiger partial charge < -0.3 is 10.4 Å². The Hall–Kier alpha value is -1.46. The van der Waals surface area contributed by atoms with Crippen molar-refractivity contribution in [1.29, 1.82) is 0 Å². The van der Waals surface area contributed by atoms with Crippen LogP contribution in [0, 0.1) is 12.7 Å². The summed E-state index contributed by atoms with van der Waals surface area (Å²) in [5.74, 6) is -0.375. The molecule has 20 heavy (non-hydrogen) atoms. The van der Waals surface area contributed by atoms with Gasteiger partial charge in [0.05, 0.1) is 13.2 Å². The van der Waals surface area contributed by atoms with Crippen molar-refractivity contribution >= 4 is 5.91 Å². The summed E-state index contributed by atoms with van der Waals surface area (Å²) in [6.07, 6.45) is 0. The fraction of sp³-hybridized carbons (Fsp3) is 0.533. The van der Waals surface area contributed by atoms with Gasteiger partial charge in [-0.2, -0.15) is 0 Å². The molecule has 0 heterocycles. The van der Waals surface area contributed by atoms with E-state index in [4.69, 9.17) is 0 Å². The Bertz CT molecular complexity index is 475. The van der Waals surface area contributed by atoms with Gasteiger partial charge >= 0.3 is 0 Å². The molecule has 0 aliphatic carbocycles. The molecular weight excluding hydrogens is 259 g/mol. The number of carbonyl (C=O) groups excluding carboxylic acids is 1. The van der Waals surface area contributed by atoms with Crippen molar-refractivity contribution < 1.29 is 14.3 Å². The molecule has 1 aromatic rings. The van der Waals surface area contributed by atoms with Crippen LogP contribution in [0.1, 0.15) is 25.0 Å². The third-order valence-electron chi connectivity index (χ3n) is 3.51. The van der Waals surface area contributed by atoms with Crippen LogP contribution in [0.5, 0.6) is 0 Å². The number of likely N-dealkylation sites (N-methyl/N-ethyl adjacent to an activating group) is 1. The van der Waals surface area contributed by atoms with Crippen molar-refractivity contribution in [2.24, 2.45) is 0 Å². The Morgan fingerprint density at radius 1 is 1.45 bits per heavy atom. The summed E-state index contributed by atoms with van der Waals surface area (Å²) in [4.78, 5) is 13.6. The molecule has 2 N–H and O–H groups in total. The quantitative estimate of drug-likeness (QED) is 0.830. The number of halogens is 1. The van der Waals surface area contributed by atoms with E-state index in [2.05, 4.69) is 5.32 Å². The molecule has 0 saturated heterocycles. The first-order valence-corrected chi connectivity index (χ1v) is 6.60. The van der Waals surface area contributed by atoms with Crippen LogP contribution < -0.4 is 5.32 Å². The minimum atomic E-state index is -0.441. The predicted molar refractivity (Wildman–Crippen MR) is 76.8 cm³/mol. The molecule has 0 aliphatic rings. The number of aliphatic hydroxyl groups excluding tert-OH is 1. The Morgan fingerprint density at radius 3 is 2.65 bits per heavy atom. The van der Waals surface area contributed by atoms with Gasteiger partial charge in [-0.25, -0.2) is 4.39 Å². The topological polar surface area (TPSA) is 52.6 Å². The minimum Gasteiger partial charge on any atom is -0.394 e. The van der Waals surface area contributed by atoms with E-state index in [1.165, 1.54) is 6.07 Å². The summed E-state index contributed by atoms with van der Waals surface area (Å²) in [5.41, 5.74) is 0.987. The zero-order valence-corrected chi connectivity index (χ0v) is 12.5. The Labute approximate surface area is 119 Å². The monoisotopic (exact) mass is 282 g/mol. The molecule has 0 fully saturated rings. The number of hydrogen-bond donors (Lipinski definition) is 2. The van der Waals surface area contributed by atoms with Crippen LogP contribution >= 0.6 is 0 Å². The molecule has 0 atom stereocenters. The van der Waals surface area contributed by atoms with Crippen molar-refractivity contribution in [3.63, 3.8) is 0 Å². The van der Waals surface area contributed by atoms with Crippen molar-refractivity contribution in [2.45, 2.75) is 32.9 Å². The van der Waals surface area contributed by atoms with Crippen molar-refractivity contribution in [3.8, 4) is 0 Å². The second-order valence-corrected chi connectivity index (χ2v) is 5.69. The van der Waals surface area contributed by atoms with Gasteiger partial charge in [0.15, 0.2) is 0 Å². The SMILES string of the molecule is Cc1cc(CNC(=O)CN(C)C(C)(C)CO)ccc1F. The molecule has 0 unspecified atom stereocenters. The lowest BCUT2D eigenvalue weighted by atomic mass is 10.1. The van der Waals surface area contributed by atoms with E-state index in [0.717, 1.165) is 5.56 Å². The number of rotatable bonds is 6. The Kier molecular flexibility index (Phi) is 5.65. The average Bonchev–Trinajstić information content (AvgIpc) is 2.40. The van der Waals surface area contributed by atoms with Gasteiger partial charge in [0, 0.05) is 12.1 Å². The standard InChI is InChI=1S/C15H23FN2O2/c1-11-7-12(5-6-13(11)16)8-17-14(20)9-18(4)15(2,3)10-19/h5-7,19H,8-10H2,1-4H3,(H,17,20). The summed E-state index contributed by atoms with van der Waals surface area (Å²) in [7, 11) is 1.79. The van der Waals surface area contributed by atoms with Gasteiger partial charge in [0.25, 0.3) is 0 Å². The number of nitrogens with one attached hydrogen (secondary N) is 1. The van der Waals surface area contributed by atoms with Crippen LogP contribution in [0.2, 0.25) is 0 Å². The van der Waals surface area contributed by atoms with Crippen molar-refractivity contribution in [1.82, 2.24) is 10.2 Å². The summed E-state index contributed by atoms with van der Waals surface area (Å²) >= 11 is 0. The van der Waals surface area contributed by atoms with Crippen molar-refractivity contribution in [3.05, 3.63) is 35.1 Å². The van der Waals surface area contributed by atoms with Crippen LogP contribution in [0.25, 0.3) is 0 Å². The van der Waals surface area contributed by atoms with Gasteiger partial charge in [0.2, 0.25) is 5.91 Å². The molecule has 112 valence electrons. The third-order valence-corrected chi connectivity index (χ3v) is 3.51. The first-order chi connectivity index (χ1) is 9.26. The van der Waals surface area contributed by atoms with Crippen LogP contribution in [0.15, 0.2) is 18.2 Å². The number of carbonyl (C=O) groups is 1. The average molecular weight is 282 g/mol. The fourth-order valence-electron chi connectivity index (χ4n) is 1.62. The van der Waals surface area contributed by atoms with Crippen LogP contribution in [-0.4, -0.2) is 41.7 Å². The highest BCUT2D eigenvalue weighted by Crippen LogP contribution is 2.11. The Balaban J connectivity index is 2.49. The summed E-state index contributed by atoms with van der Waals surface area (Å²) in [6, 6.07) is 4.78. The highest BCUT2D eigenvalue weighted by Gasteiger charge is 2.23. The van der Waals surface area contributed by atoms with E-state index in [0.29, 0.717) is 12.1 Å². The fourth-order valence-corrected chi connectivity index (χ4v) is 1.62. The van der Waals surface area contributed by atoms with E-state index in [1.54, 1.807) is 31.0 Å². The first-order valence-electron chi connectivity index (χ1n) is 6.60. The largest absolute Gasteiger partial charge is 0.394 e. The Morgan fingerprint density at radius 2 is 2.10 bits per heavy atom. The lowest BCUT2D eigenvalue weighted by molar-refractivity contribution is -0.123. The van der Waals surface area contributed by atoms with Crippen LogP contribution in [0.3, 0.4) is 0 Å². The van der Waals surface area contributed by atoms with E-state index in [1.807, 2.05) is 13.8 Å². The number of nitrogens with zero attached hydrogens (tertiary/aromatic N) is 1. The number of aliphatic hydroxyl groups is 1. The second kappa shape index (κ2) is 6.81. The number of amides is 1. The zero-order chi connectivity index (χ0) is 15.3. The van der Waals surface area contributed by atoms with E-state index >= 15 is 0 Å². The van der Waals surface area contributed by atoms with Gasteiger partial charge in [0.1, 0.15) is 5.82 Å². The molecule has 0 bridgehead atoms. The molecule has 5 heteroatoms. The molecule has 1 aromatic carbocycles. The summed E-state index contributed by atoms with van der Waals surface area (Å²) < 4.78 is 13.1. The smallest absolute Gasteiger partial charge is 0.234 e. The molecule has 0 aliphatic heterocycles. The molecule has 0 saturated carbocycles. The first kappa shape index (κ1) is 16.6. The summed E-state index contributed by atoms with van der Waals surface area (Å²) in [6.45, 7) is 5.97. The van der Waals surface area contributed by atoms with E-state index in [-0.39, 0.29) is 24.9 Å². The van der Waals surface area contributed by atoms with Crippen LogP contribution in [0.4, 0.5) is 4.39 Å². The third kappa shape index (κ3) is 4.58. The maximum atomic E-state index is 13.1. The number of hydrogen-bond acceptors (Lipinski definition) is 3. The number of benzene rings is 1. The molecule has 1 rings (SSSR count). The molecule has 1 amide bonds.